The minimum absolute atomic E-state index is 0.493. The van der Waals surface area contributed by atoms with Gasteiger partial charge in [0, 0.05) is 13.5 Å². The third-order valence-electron chi connectivity index (χ3n) is 2.58. The first-order valence-electron chi connectivity index (χ1n) is 4.97. The van der Waals surface area contributed by atoms with Crippen molar-refractivity contribution in [2.24, 2.45) is 7.05 Å². The third-order valence-corrected chi connectivity index (χ3v) is 3.77. The van der Waals surface area contributed by atoms with E-state index in [0.717, 1.165) is 17.0 Å². The number of rotatable bonds is 3. The summed E-state index contributed by atoms with van der Waals surface area (Å²) in [5.41, 5.74) is 2.61. The van der Waals surface area contributed by atoms with E-state index in [9.17, 15) is 5.11 Å². The third kappa shape index (κ3) is 2.14. The fourth-order valence-corrected chi connectivity index (χ4v) is 2.61. The van der Waals surface area contributed by atoms with Gasteiger partial charge in [-0.3, -0.25) is 4.68 Å². The van der Waals surface area contributed by atoms with Gasteiger partial charge in [0.25, 0.3) is 0 Å². The predicted octanol–water partition coefficient (Wildman–Crippen LogP) is 2.72. The summed E-state index contributed by atoms with van der Waals surface area (Å²) >= 11 is 7.70. The van der Waals surface area contributed by atoms with Gasteiger partial charge in [-0.2, -0.15) is 16.4 Å². The molecule has 0 aliphatic carbocycles. The fourth-order valence-electron chi connectivity index (χ4n) is 1.67. The predicted molar refractivity (Wildman–Crippen MR) is 65.9 cm³/mol. The number of thiophene rings is 1. The average molecular weight is 257 g/mol. The molecule has 0 aliphatic heterocycles. The summed E-state index contributed by atoms with van der Waals surface area (Å²) in [6, 6.07) is 1.92. The standard InChI is InChI=1S/C11H13ClN2OS/c1-7-11(12)9(14(2)13-7)5-10(15)8-3-4-16-6-8/h3-4,6,10,15H,5H2,1-2H3. The van der Waals surface area contributed by atoms with E-state index in [1.54, 1.807) is 16.0 Å². The molecule has 0 aliphatic rings. The van der Waals surface area contributed by atoms with E-state index in [4.69, 9.17) is 11.6 Å². The number of hydrogen-bond donors (Lipinski definition) is 1. The van der Waals surface area contributed by atoms with Gasteiger partial charge in [0.2, 0.25) is 0 Å². The second-order valence-electron chi connectivity index (χ2n) is 3.75. The molecule has 0 spiro atoms. The molecular formula is C11H13ClN2OS. The Labute approximate surface area is 103 Å². The Kier molecular flexibility index (Phi) is 3.33. The Morgan fingerprint density at radius 3 is 2.88 bits per heavy atom. The van der Waals surface area contributed by atoms with Crippen LogP contribution < -0.4 is 0 Å². The molecule has 0 saturated carbocycles. The maximum Gasteiger partial charge on any atom is 0.0853 e. The molecule has 0 aromatic carbocycles. The van der Waals surface area contributed by atoms with E-state index in [0.29, 0.717) is 11.4 Å². The van der Waals surface area contributed by atoms with E-state index in [2.05, 4.69) is 5.10 Å². The van der Waals surface area contributed by atoms with Gasteiger partial charge in [-0.05, 0) is 29.3 Å². The van der Waals surface area contributed by atoms with E-state index in [1.807, 2.05) is 30.8 Å². The fraction of sp³-hybridized carbons (Fsp3) is 0.364. The van der Waals surface area contributed by atoms with Crippen molar-refractivity contribution in [2.75, 3.05) is 0 Å². The van der Waals surface area contributed by atoms with Crippen LogP contribution in [0.2, 0.25) is 5.02 Å². The number of nitrogens with zero attached hydrogens (tertiary/aromatic N) is 2. The van der Waals surface area contributed by atoms with Gasteiger partial charge >= 0.3 is 0 Å². The van der Waals surface area contributed by atoms with E-state index in [1.165, 1.54) is 0 Å². The van der Waals surface area contributed by atoms with Crippen LogP contribution in [0.4, 0.5) is 0 Å². The first kappa shape index (κ1) is 11.6. The van der Waals surface area contributed by atoms with Gasteiger partial charge in [-0.1, -0.05) is 11.6 Å². The van der Waals surface area contributed by atoms with Crippen LogP contribution in [0.15, 0.2) is 16.8 Å². The normalized spacial score (nSPS) is 13.0. The van der Waals surface area contributed by atoms with Crippen LogP contribution >= 0.6 is 22.9 Å². The smallest absolute Gasteiger partial charge is 0.0853 e. The van der Waals surface area contributed by atoms with Crippen LogP contribution in [-0.2, 0) is 13.5 Å². The molecule has 5 heteroatoms. The second-order valence-corrected chi connectivity index (χ2v) is 4.90. The molecule has 0 radical (unpaired) electrons. The molecule has 1 unspecified atom stereocenters. The highest BCUT2D eigenvalue weighted by molar-refractivity contribution is 7.07. The first-order valence-corrected chi connectivity index (χ1v) is 6.29. The molecule has 1 atom stereocenters. The average Bonchev–Trinajstić information content (AvgIpc) is 2.83. The van der Waals surface area contributed by atoms with E-state index in [-0.39, 0.29) is 0 Å². The maximum absolute atomic E-state index is 10.0. The summed E-state index contributed by atoms with van der Waals surface area (Å²) in [7, 11) is 1.84. The van der Waals surface area contributed by atoms with Crippen LogP contribution in [0.25, 0.3) is 0 Å². The van der Waals surface area contributed by atoms with Crippen molar-refractivity contribution in [2.45, 2.75) is 19.4 Å². The van der Waals surface area contributed by atoms with Crippen molar-refractivity contribution in [3.63, 3.8) is 0 Å². The molecular weight excluding hydrogens is 244 g/mol. The van der Waals surface area contributed by atoms with Crippen LogP contribution in [0.3, 0.4) is 0 Å². The summed E-state index contributed by atoms with van der Waals surface area (Å²) < 4.78 is 1.73. The Hall–Kier alpha value is -0.840. The number of aliphatic hydroxyl groups excluding tert-OH is 1. The molecule has 0 bridgehead atoms. The minimum Gasteiger partial charge on any atom is -0.388 e. The van der Waals surface area contributed by atoms with Gasteiger partial charge < -0.3 is 5.11 Å². The quantitative estimate of drug-likeness (QED) is 0.917. The second kappa shape index (κ2) is 4.57. The zero-order chi connectivity index (χ0) is 11.7. The van der Waals surface area contributed by atoms with Gasteiger partial charge in [0.15, 0.2) is 0 Å². The zero-order valence-corrected chi connectivity index (χ0v) is 10.7. The minimum atomic E-state index is -0.515. The Bertz CT molecular complexity index is 478. The molecule has 3 nitrogen and oxygen atoms in total. The molecule has 0 saturated heterocycles. The molecule has 86 valence electrons. The summed E-state index contributed by atoms with van der Waals surface area (Å²) in [4.78, 5) is 0. The van der Waals surface area contributed by atoms with Crippen molar-refractivity contribution in [1.29, 1.82) is 0 Å². The first-order chi connectivity index (χ1) is 7.59. The van der Waals surface area contributed by atoms with Crippen molar-refractivity contribution in [3.8, 4) is 0 Å². The molecule has 2 heterocycles. The Morgan fingerprint density at radius 2 is 2.38 bits per heavy atom. The number of aromatic nitrogens is 2. The summed E-state index contributed by atoms with van der Waals surface area (Å²) in [6.07, 6.45) is -0.0223. The summed E-state index contributed by atoms with van der Waals surface area (Å²) in [6.45, 7) is 1.86. The van der Waals surface area contributed by atoms with Crippen LogP contribution in [0.5, 0.6) is 0 Å². The van der Waals surface area contributed by atoms with Crippen molar-refractivity contribution >= 4 is 22.9 Å². The molecule has 0 fully saturated rings. The highest BCUT2D eigenvalue weighted by Crippen LogP contribution is 2.26. The molecule has 2 rings (SSSR count). The van der Waals surface area contributed by atoms with Crippen molar-refractivity contribution in [3.05, 3.63) is 38.8 Å². The van der Waals surface area contributed by atoms with Crippen LogP contribution in [0.1, 0.15) is 23.1 Å². The van der Waals surface area contributed by atoms with Gasteiger partial charge in [-0.15, -0.1) is 0 Å². The van der Waals surface area contributed by atoms with Gasteiger partial charge in [-0.25, -0.2) is 0 Å². The van der Waals surface area contributed by atoms with Crippen molar-refractivity contribution < 1.29 is 5.11 Å². The number of aliphatic hydroxyl groups is 1. The van der Waals surface area contributed by atoms with E-state index < -0.39 is 6.10 Å². The lowest BCUT2D eigenvalue weighted by Gasteiger charge is -2.09. The molecule has 16 heavy (non-hydrogen) atoms. The van der Waals surface area contributed by atoms with Crippen LogP contribution in [-0.4, -0.2) is 14.9 Å². The molecule has 2 aromatic rings. The Morgan fingerprint density at radius 1 is 1.62 bits per heavy atom. The van der Waals surface area contributed by atoms with Crippen LogP contribution in [0, 0.1) is 6.92 Å². The largest absolute Gasteiger partial charge is 0.388 e. The highest BCUT2D eigenvalue weighted by atomic mass is 35.5. The van der Waals surface area contributed by atoms with Gasteiger partial charge in [0.1, 0.15) is 0 Å². The number of aryl methyl sites for hydroxylation is 2. The lowest BCUT2D eigenvalue weighted by Crippen LogP contribution is -2.06. The topological polar surface area (TPSA) is 38.0 Å². The lowest BCUT2D eigenvalue weighted by molar-refractivity contribution is 0.176. The molecule has 1 N–H and O–H groups in total. The molecule has 0 amide bonds. The Balaban J connectivity index is 2.21. The van der Waals surface area contributed by atoms with Crippen molar-refractivity contribution in [1.82, 2.24) is 9.78 Å². The molecule has 2 aromatic heterocycles. The van der Waals surface area contributed by atoms with E-state index >= 15 is 0 Å². The summed E-state index contributed by atoms with van der Waals surface area (Å²) in [5.74, 6) is 0. The monoisotopic (exact) mass is 256 g/mol. The van der Waals surface area contributed by atoms with Gasteiger partial charge in [0.05, 0.1) is 22.5 Å². The lowest BCUT2D eigenvalue weighted by atomic mass is 10.1. The number of halogens is 1. The maximum atomic E-state index is 10.0. The number of hydrogen-bond acceptors (Lipinski definition) is 3. The highest BCUT2D eigenvalue weighted by Gasteiger charge is 2.16. The zero-order valence-electron chi connectivity index (χ0n) is 9.14. The SMILES string of the molecule is Cc1nn(C)c(CC(O)c2ccsc2)c1Cl. The summed E-state index contributed by atoms with van der Waals surface area (Å²) in [5, 5.41) is 18.8.